The van der Waals surface area contributed by atoms with E-state index in [0.717, 1.165) is 0 Å². The molecule has 0 heteroatoms. The summed E-state index contributed by atoms with van der Waals surface area (Å²) < 4.78 is 0. The Morgan fingerprint density at radius 2 is 2.00 bits per heavy atom. The number of aryl methyl sites for hydroxylation is 2. The maximum atomic E-state index is 2.37. The summed E-state index contributed by atoms with van der Waals surface area (Å²) in [6.07, 6.45) is 6.24. The van der Waals surface area contributed by atoms with Crippen molar-refractivity contribution >= 4 is 0 Å². The van der Waals surface area contributed by atoms with Crippen LogP contribution in [0.4, 0.5) is 0 Å². The number of benzene rings is 1. The third kappa shape index (κ3) is 1.26. The van der Waals surface area contributed by atoms with Crippen molar-refractivity contribution in [3.63, 3.8) is 0 Å². The molecule has 1 radical (unpaired) electrons. The van der Waals surface area contributed by atoms with Gasteiger partial charge >= 0.3 is 0 Å². The molecule has 0 heterocycles. The molecule has 0 bridgehead atoms. The first-order valence-corrected chi connectivity index (χ1v) is 4.71. The van der Waals surface area contributed by atoms with Crippen LogP contribution in [0, 0.1) is 20.3 Å². The average Bonchev–Trinajstić information content (AvgIpc) is 2.04. The molecule has 0 spiro atoms. The monoisotopic (exact) mass is 159 g/mol. The second-order valence-corrected chi connectivity index (χ2v) is 3.75. The molecule has 0 saturated heterocycles. The predicted octanol–water partition coefficient (Wildman–Crippen LogP) is 3.19. The predicted molar refractivity (Wildman–Crippen MR) is 52.3 cm³/mol. The van der Waals surface area contributed by atoms with Gasteiger partial charge in [-0.1, -0.05) is 17.7 Å². The van der Waals surface area contributed by atoms with E-state index in [0.29, 0.717) is 0 Å². The molecule has 1 aliphatic rings. The third-order valence-electron chi connectivity index (χ3n) is 2.65. The van der Waals surface area contributed by atoms with E-state index in [1.807, 2.05) is 0 Å². The summed E-state index contributed by atoms with van der Waals surface area (Å²) >= 11 is 0. The van der Waals surface area contributed by atoms with Crippen LogP contribution in [0.2, 0.25) is 0 Å². The Labute approximate surface area is 74.6 Å². The molecule has 1 aliphatic carbocycles. The zero-order valence-electron chi connectivity index (χ0n) is 7.85. The van der Waals surface area contributed by atoms with Gasteiger partial charge in [0.05, 0.1) is 0 Å². The molecular formula is C12H15. The van der Waals surface area contributed by atoms with Crippen LogP contribution in [0.5, 0.6) is 0 Å². The molecule has 0 saturated carbocycles. The normalized spacial score (nSPS) is 15.8. The molecule has 1 aromatic carbocycles. The van der Waals surface area contributed by atoms with Crippen molar-refractivity contribution in [3.8, 4) is 0 Å². The molecule has 0 N–H and O–H groups in total. The summed E-state index contributed by atoms with van der Waals surface area (Å²) in [5, 5.41) is 0. The molecule has 0 aliphatic heterocycles. The molecule has 2 rings (SSSR count). The van der Waals surface area contributed by atoms with E-state index in [1.54, 1.807) is 5.56 Å². The van der Waals surface area contributed by atoms with Gasteiger partial charge in [0.25, 0.3) is 0 Å². The smallest absolute Gasteiger partial charge is 0.00899 e. The second kappa shape index (κ2) is 2.93. The molecule has 1 aromatic rings. The highest BCUT2D eigenvalue weighted by Gasteiger charge is 2.11. The van der Waals surface area contributed by atoms with Gasteiger partial charge in [-0.2, -0.15) is 0 Å². The zero-order chi connectivity index (χ0) is 8.55. The molecular weight excluding hydrogens is 144 g/mol. The van der Waals surface area contributed by atoms with Crippen LogP contribution < -0.4 is 0 Å². The van der Waals surface area contributed by atoms with Gasteiger partial charge in [0, 0.05) is 0 Å². The summed E-state index contributed by atoms with van der Waals surface area (Å²) in [5.74, 6) is 0. The van der Waals surface area contributed by atoms with Gasteiger partial charge in [-0.3, -0.25) is 0 Å². The largest absolute Gasteiger partial charge is 0.0561 e. The highest BCUT2D eigenvalue weighted by atomic mass is 14.2. The summed E-state index contributed by atoms with van der Waals surface area (Å²) in [6.45, 7) is 4.40. The van der Waals surface area contributed by atoms with E-state index in [-0.39, 0.29) is 0 Å². The fourth-order valence-electron chi connectivity index (χ4n) is 2.09. The fourth-order valence-corrected chi connectivity index (χ4v) is 2.09. The lowest BCUT2D eigenvalue weighted by Gasteiger charge is -2.18. The Hall–Kier alpha value is -0.780. The van der Waals surface area contributed by atoms with E-state index in [4.69, 9.17) is 0 Å². The van der Waals surface area contributed by atoms with Crippen molar-refractivity contribution in [2.45, 2.75) is 33.1 Å². The van der Waals surface area contributed by atoms with Crippen molar-refractivity contribution < 1.29 is 0 Å². The van der Waals surface area contributed by atoms with Gasteiger partial charge < -0.3 is 0 Å². The molecule has 12 heavy (non-hydrogen) atoms. The molecule has 0 nitrogen and oxygen atoms in total. The number of fused-ring (bicyclic) bond motifs is 1. The molecule has 0 atom stereocenters. The second-order valence-electron chi connectivity index (χ2n) is 3.75. The van der Waals surface area contributed by atoms with Crippen LogP contribution in [-0.2, 0) is 6.42 Å². The van der Waals surface area contributed by atoms with Gasteiger partial charge in [0.1, 0.15) is 0 Å². The van der Waals surface area contributed by atoms with Crippen LogP contribution in [0.15, 0.2) is 12.1 Å². The molecule has 0 aromatic heterocycles. The minimum Gasteiger partial charge on any atom is -0.0561 e. The lowest BCUT2D eigenvalue weighted by atomic mass is 9.87. The van der Waals surface area contributed by atoms with Crippen LogP contribution >= 0.6 is 0 Å². The third-order valence-corrected chi connectivity index (χ3v) is 2.65. The standard InChI is InChI=1S/C12H15/c1-9-7-10(2)12-6-4-3-5-11(12)8-9/h5,7-8H,3-4,6H2,1-2H3. The van der Waals surface area contributed by atoms with Crippen LogP contribution in [0.3, 0.4) is 0 Å². The fraction of sp³-hybridized carbons (Fsp3) is 0.417. The Morgan fingerprint density at radius 3 is 2.83 bits per heavy atom. The Balaban J connectivity index is 2.53. The van der Waals surface area contributed by atoms with Crippen LogP contribution in [0.25, 0.3) is 0 Å². The van der Waals surface area contributed by atoms with Crippen molar-refractivity contribution in [3.05, 3.63) is 40.8 Å². The van der Waals surface area contributed by atoms with E-state index >= 15 is 0 Å². The van der Waals surface area contributed by atoms with E-state index < -0.39 is 0 Å². The van der Waals surface area contributed by atoms with Crippen molar-refractivity contribution in [1.29, 1.82) is 0 Å². The van der Waals surface area contributed by atoms with Crippen molar-refractivity contribution in [2.24, 2.45) is 0 Å². The van der Waals surface area contributed by atoms with Gasteiger partial charge in [-0.15, -0.1) is 0 Å². The minimum absolute atomic E-state index is 1.26. The number of hydrogen-bond acceptors (Lipinski definition) is 0. The molecule has 0 unspecified atom stereocenters. The lowest BCUT2D eigenvalue weighted by Crippen LogP contribution is -2.03. The Bertz CT molecular complexity index is 297. The lowest BCUT2D eigenvalue weighted by molar-refractivity contribution is 0.769. The molecule has 0 amide bonds. The van der Waals surface area contributed by atoms with Gasteiger partial charge in [-0.25, -0.2) is 0 Å². The Kier molecular flexibility index (Phi) is 1.92. The first-order chi connectivity index (χ1) is 5.77. The first kappa shape index (κ1) is 7.85. The van der Waals surface area contributed by atoms with Gasteiger partial charge in [0.2, 0.25) is 0 Å². The first-order valence-electron chi connectivity index (χ1n) is 4.71. The topological polar surface area (TPSA) is 0 Å². The van der Waals surface area contributed by atoms with Gasteiger partial charge in [0.15, 0.2) is 0 Å². The summed E-state index contributed by atoms with van der Waals surface area (Å²) in [4.78, 5) is 0. The summed E-state index contributed by atoms with van der Waals surface area (Å²) in [6, 6.07) is 4.60. The number of hydrogen-bond donors (Lipinski definition) is 0. The Morgan fingerprint density at radius 1 is 1.17 bits per heavy atom. The zero-order valence-corrected chi connectivity index (χ0v) is 7.85. The average molecular weight is 159 g/mol. The van der Waals surface area contributed by atoms with E-state index in [2.05, 4.69) is 32.4 Å². The quantitative estimate of drug-likeness (QED) is 0.545. The van der Waals surface area contributed by atoms with E-state index in [1.165, 1.54) is 36.0 Å². The summed E-state index contributed by atoms with van der Waals surface area (Å²) in [5.41, 5.74) is 5.93. The SMILES string of the molecule is Cc1cc(C)c2c(c1)[CH]CCC2. The highest BCUT2D eigenvalue weighted by Crippen LogP contribution is 2.26. The van der Waals surface area contributed by atoms with Crippen molar-refractivity contribution in [2.75, 3.05) is 0 Å². The molecule has 63 valence electrons. The van der Waals surface area contributed by atoms with Gasteiger partial charge in [-0.05, 0) is 56.2 Å². The number of rotatable bonds is 0. The minimum atomic E-state index is 1.26. The van der Waals surface area contributed by atoms with Crippen LogP contribution in [-0.4, -0.2) is 0 Å². The van der Waals surface area contributed by atoms with Crippen molar-refractivity contribution in [1.82, 2.24) is 0 Å². The van der Waals surface area contributed by atoms with Crippen LogP contribution in [0.1, 0.15) is 35.1 Å². The highest BCUT2D eigenvalue weighted by molar-refractivity contribution is 5.43. The summed E-state index contributed by atoms with van der Waals surface area (Å²) in [7, 11) is 0. The maximum Gasteiger partial charge on any atom is -0.00899 e. The molecule has 0 fully saturated rings. The maximum absolute atomic E-state index is 2.37. The van der Waals surface area contributed by atoms with E-state index in [9.17, 15) is 0 Å².